The molecule has 2 amide bonds. The van der Waals surface area contributed by atoms with Gasteiger partial charge in [0.05, 0.1) is 31.8 Å². The maximum atomic E-state index is 14.2. The quantitative estimate of drug-likeness (QED) is 0.153. The molecule has 2 heterocycles. The fourth-order valence-electron chi connectivity index (χ4n) is 6.87. The molecule has 0 bridgehead atoms. The van der Waals surface area contributed by atoms with E-state index in [2.05, 4.69) is 25.9 Å². The van der Waals surface area contributed by atoms with Crippen molar-refractivity contribution in [3.63, 3.8) is 0 Å². The summed E-state index contributed by atoms with van der Waals surface area (Å²) >= 11 is 0. The van der Waals surface area contributed by atoms with Crippen LogP contribution in [0.1, 0.15) is 56.2 Å². The van der Waals surface area contributed by atoms with Crippen LogP contribution in [0, 0.1) is 11.8 Å². The van der Waals surface area contributed by atoms with Crippen molar-refractivity contribution in [1.82, 2.24) is 25.9 Å². The lowest BCUT2D eigenvalue weighted by Gasteiger charge is -2.31. The number of aliphatic hydroxyl groups is 1. The molecule has 1 aromatic heterocycles. The second kappa shape index (κ2) is 17.3. The first-order valence-corrected chi connectivity index (χ1v) is 17.0. The summed E-state index contributed by atoms with van der Waals surface area (Å²) in [7, 11) is 1.19. The molecule has 5 atom stereocenters. The number of aliphatic hydroxyl groups excluding tert-OH is 1. The number of H-pyrrole nitrogens is 1. The van der Waals surface area contributed by atoms with Gasteiger partial charge in [-0.05, 0) is 35.1 Å². The third-order valence-electron chi connectivity index (χ3n) is 9.52. The molecule has 1 saturated heterocycles. The van der Waals surface area contributed by atoms with E-state index in [1.807, 2.05) is 42.5 Å². The predicted octanol–water partition coefficient (Wildman–Crippen LogP) is 2.39. The maximum Gasteiger partial charge on any atom is 0.336 e. The standard InChI is InChI=1S/C36H47N5O7/c1-47-36(46)33(43)29(16-23-8-3-2-4-9-23)40-35(45)30(19-27-20-38-22-39-27)41-34(44)26(18-31(42)32-21-37-14-15-48-32)17-25-12-7-11-24-10-5-6-13-28(24)25/h5-7,10-13,20,22-23,26,29-30,32-33,37,43H,2-4,8-9,14-19,21H2,1H3,(H,38,39)(H,40,45)(H,41,44)/t26?,29-,30-,32?,33?/m0/s1. The highest BCUT2D eigenvalue weighted by Crippen LogP contribution is 2.28. The minimum atomic E-state index is -1.57. The van der Waals surface area contributed by atoms with Gasteiger partial charge in [-0.3, -0.25) is 14.4 Å². The first kappa shape index (κ1) is 35.2. The van der Waals surface area contributed by atoms with Crippen LogP contribution in [-0.4, -0.2) is 89.7 Å². The minimum absolute atomic E-state index is 0.0517. The third-order valence-corrected chi connectivity index (χ3v) is 9.52. The number of nitrogens with zero attached hydrogens (tertiary/aromatic N) is 1. The Morgan fingerprint density at radius 1 is 1.02 bits per heavy atom. The summed E-state index contributed by atoms with van der Waals surface area (Å²) in [5.74, 6) is -2.63. The number of hydrogen-bond acceptors (Lipinski definition) is 9. The molecule has 48 heavy (non-hydrogen) atoms. The summed E-state index contributed by atoms with van der Waals surface area (Å²) < 4.78 is 10.5. The number of rotatable bonds is 15. The van der Waals surface area contributed by atoms with Gasteiger partial charge in [0, 0.05) is 38.0 Å². The van der Waals surface area contributed by atoms with E-state index in [4.69, 9.17) is 9.47 Å². The van der Waals surface area contributed by atoms with Crippen LogP contribution in [0.25, 0.3) is 10.8 Å². The van der Waals surface area contributed by atoms with E-state index in [-0.39, 0.29) is 31.0 Å². The number of aromatic amines is 1. The molecule has 258 valence electrons. The third kappa shape index (κ3) is 9.48. The smallest absolute Gasteiger partial charge is 0.336 e. The normalized spacial score (nSPS) is 19.5. The Balaban J connectivity index is 1.38. The average Bonchev–Trinajstić information content (AvgIpc) is 3.64. The van der Waals surface area contributed by atoms with Gasteiger partial charge in [-0.1, -0.05) is 74.6 Å². The number of morpholine rings is 1. The molecular formula is C36H47N5O7. The molecule has 5 rings (SSSR count). The van der Waals surface area contributed by atoms with Crippen molar-refractivity contribution in [1.29, 1.82) is 0 Å². The lowest BCUT2D eigenvalue weighted by Crippen LogP contribution is -2.56. The molecule has 3 aromatic rings. The molecule has 5 N–H and O–H groups in total. The molecule has 1 aliphatic carbocycles. The van der Waals surface area contributed by atoms with Crippen molar-refractivity contribution in [2.24, 2.45) is 11.8 Å². The van der Waals surface area contributed by atoms with Crippen LogP contribution in [-0.2, 0) is 41.5 Å². The summed E-state index contributed by atoms with van der Waals surface area (Å²) in [5, 5.41) is 21.8. The van der Waals surface area contributed by atoms with Crippen LogP contribution in [0.4, 0.5) is 0 Å². The minimum Gasteiger partial charge on any atom is -0.467 e. The number of ether oxygens (including phenoxy) is 2. The SMILES string of the molecule is COC(=O)C(O)[C@H](CC1CCCCC1)NC(=O)[C@H](Cc1c[nH]cn1)NC(=O)C(CC(=O)C1CNCCO1)Cc1cccc2ccccc12. The number of imidazole rings is 1. The van der Waals surface area contributed by atoms with Gasteiger partial charge in [-0.2, -0.15) is 0 Å². The number of amides is 2. The van der Waals surface area contributed by atoms with Gasteiger partial charge in [0.15, 0.2) is 11.9 Å². The Morgan fingerprint density at radius 2 is 1.81 bits per heavy atom. The zero-order valence-corrected chi connectivity index (χ0v) is 27.5. The number of hydrogen-bond donors (Lipinski definition) is 5. The lowest BCUT2D eigenvalue weighted by atomic mass is 9.83. The predicted molar refractivity (Wildman–Crippen MR) is 179 cm³/mol. The van der Waals surface area contributed by atoms with E-state index in [9.17, 15) is 24.3 Å². The van der Waals surface area contributed by atoms with Crippen LogP contribution in [0.15, 0.2) is 55.0 Å². The number of fused-ring (bicyclic) bond motifs is 1. The van der Waals surface area contributed by atoms with Gasteiger partial charge in [0.1, 0.15) is 12.1 Å². The molecule has 12 nitrogen and oxygen atoms in total. The summed E-state index contributed by atoms with van der Waals surface area (Å²) in [6.45, 7) is 1.43. The number of esters is 1. The molecular weight excluding hydrogens is 614 g/mol. The number of methoxy groups -OCH3 is 1. The van der Waals surface area contributed by atoms with E-state index in [0.717, 1.165) is 48.4 Å². The Labute approximate surface area is 280 Å². The van der Waals surface area contributed by atoms with Crippen LogP contribution < -0.4 is 16.0 Å². The second-order valence-corrected chi connectivity index (χ2v) is 12.9. The number of ketones is 1. The number of aromatic nitrogens is 2. The Bertz CT molecular complexity index is 1510. The van der Waals surface area contributed by atoms with Gasteiger partial charge in [-0.25, -0.2) is 9.78 Å². The van der Waals surface area contributed by atoms with E-state index < -0.39 is 48.0 Å². The van der Waals surface area contributed by atoms with Crippen LogP contribution in [0.2, 0.25) is 0 Å². The molecule has 12 heteroatoms. The molecule has 1 saturated carbocycles. The van der Waals surface area contributed by atoms with Crippen LogP contribution in [0.3, 0.4) is 0 Å². The highest BCUT2D eigenvalue weighted by molar-refractivity contribution is 5.93. The monoisotopic (exact) mass is 661 g/mol. The fraction of sp³-hybridized carbons (Fsp3) is 0.528. The molecule has 0 radical (unpaired) electrons. The summed E-state index contributed by atoms with van der Waals surface area (Å²) in [4.78, 5) is 61.2. The van der Waals surface area contributed by atoms with Crippen molar-refractivity contribution >= 4 is 34.3 Å². The first-order chi connectivity index (χ1) is 23.3. The second-order valence-electron chi connectivity index (χ2n) is 12.9. The Hall–Kier alpha value is -4.13. The van der Waals surface area contributed by atoms with Gasteiger partial charge in [0.2, 0.25) is 11.8 Å². The maximum absolute atomic E-state index is 14.2. The van der Waals surface area contributed by atoms with Crippen molar-refractivity contribution in [2.75, 3.05) is 26.8 Å². The van der Waals surface area contributed by atoms with E-state index >= 15 is 0 Å². The summed E-state index contributed by atoms with van der Waals surface area (Å²) in [6, 6.07) is 11.7. The number of Topliss-reactive ketones (excluding diaryl/α,β-unsaturated/α-hetero) is 1. The number of carbonyl (C=O) groups excluding carboxylic acids is 4. The average molecular weight is 662 g/mol. The Kier molecular flexibility index (Phi) is 12.7. The number of nitrogens with one attached hydrogen (secondary N) is 4. The van der Waals surface area contributed by atoms with Crippen molar-refractivity contribution < 1.29 is 33.8 Å². The van der Waals surface area contributed by atoms with Gasteiger partial charge < -0.3 is 35.5 Å². The topological polar surface area (TPSA) is 172 Å². The molecule has 3 unspecified atom stereocenters. The fourth-order valence-corrected chi connectivity index (χ4v) is 6.87. The van der Waals surface area contributed by atoms with Crippen LogP contribution in [0.5, 0.6) is 0 Å². The molecule has 0 spiro atoms. The van der Waals surface area contributed by atoms with E-state index in [0.29, 0.717) is 31.8 Å². The first-order valence-electron chi connectivity index (χ1n) is 17.0. The largest absolute Gasteiger partial charge is 0.467 e. The number of carbonyl (C=O) groups is 4. The van der Waals surface area contributed by atoms with E-state index in [1.54, 1.807) is 6.20 Å². The zero-order chi connectivity index (χ0) is 33.9. The highest BCUT2D eigenvalue weighted by atomic mass is 16.5. The molecule has 2 aromatic carbocycles. The van der Waals surface area contributed by atoms with Crippen LogP contribution >= 0.6 is 0 Å². The molecule has 1 aliphatic heterocycles. The van der Waals surface area contributed by atoms with Crippen molar-refractivity contribution in [2.45, 2.75) is 82.1 Å². The molecule has 2 aliphatic rings. The summed E-state index contributed by atoms with van der Waals surface area (Å²) in [6.07, 6.45) is 6.66. The Morgan fingerprint density at radius 3 is 2.54 bits per heavy atom. The highest BCUT2D eigenvalue weighted by Gasteiger charge is 2.35. The van der Waals surface area contributed by atoms with Gasteiger partial charge >= 0.3 is 5.97 Å². The zero-order valence-electron chi connectivity index (χ0n) is 27.5. The number of benzene rings is 2. The van der Waals surface area contributed by atoms with Crippen molar-refractivity contribution in [3.8, 4) is 0 Å². The lowest BCUT2D eigenvalue weighted by molar-refractivity contribution is -0.153. The summed E-state index contributed by atoms with van der Waals surface area (Å²) in [5.41, 5.74) is 1.45. The molecule has 2 fully saturated rings. The van der Waals surface area contributed by atoms with Crippen molar-refractivity contribution in [3.05, 3.63) is 66.2 Å². The van der Waals surface area contributed by atoms with E-state index in [1.165, 1.54) is 13.4 Å². The van der Waals surface area contributed by atoms with Gasteiger partial charge in [0.25, 0.3) is 0 Å². The van der Waals surface area contributed by atoms with Gasteiger partial charge in [-0.15, -0.1) is 0 Å².